The average molecular weight is 342 g/mol. The van der Waals surface area contributed by atoms with Crippen molar-refractivity contribution in [3.05, 3.63) is 59.9 Å². The van der Waals surface area contributed by atoms with Gasteiger partial charge in [0.2, 0.25) is 11.8 Å². The van der Waals surface area contributed by atoms with Crippen molar-refractivity contribution in [1.29, 1.82) is 0 Å². The van der Waals surface area contributed by atoms with Gasteiger partial charge in [-0.15, -0.1) is 0 Å². The number of methoxy groups -OCH3 is 1. The van der Waals surface area contributed by atoms with E-state index in [-0.39, 0.29) is 30.6 Å². The van der Waals surface area contributed by atoms with Crippen LogP contribution in [-0.4, -0.2) is 25.5 Å². The molecule has 1 aliphatic rings. The number of nitrogens with zero attached hydrogens (tertiary/aromatic N) is 1. The lowest BCUT2D eigenvalue weighted by Crippen LogP contribution is -2.32. The van der Waals surface area contributed by atoms with Crippen molar-refractivity contribution in [2.24, 2.45) is 5.92 Å². The molecule has 0 bridgehead atoms. The van der Waals surface area contributed by atoms with Gasteiger partial charge in [0.15, 0.2) is 0 Å². The van der Waals surface area contributed by atoms with Crippen LogP contribution in [0, 0.1) is 11.7 Å². The number of benzene rings is 2. The highest BCUT2D eigenvalue weighted by molar-refractivity contribution is 6.00. The van der Waals surface area contributed by atoms with Crippen LogP contribution in [0.25, 0.3) is 0 Å². The summed E-state index contributed by atoms with van der Waals surface area (Å²) in [6.45, 7) is 0.557. The Bertz CT molecular complexity index is 794. The topological polar surface area (TPSA) is 58.6 Å². The van der Waals surface area contributed by atoms with Crippen LogP contribution in [0.2, 0.25) is 0 Å². The number of carbonyl (C=O) groups is 2. The fraction of sp³-hybridized carbons (Fsp3) is 0.263. The first-order valence-electron chi connectivity index (χ1n) is 8.03. The van der Waals surface area contributed by atoms with Gasteiger partial charge in [0.05, 0.1) is 13.0 Å². The Balaban J connectivity index is 1.62. The molecule has 25 heavy (non-hydrogen) atoms. The summed E-state index contributed by atoms with van der Waals surface area (Å²) in [7, 11) is 1.56. The zero-order chi connectivity index (χ0) is 17.8. The molecule has 0 saturated carbocycles. The van der Waals surface area contributed by atoms with Crippen LogP contribution < -0.4 is 15.0 Å². The van der Waals surface area contributed by atoms with Crippen LogP contribution in [0.5, 0.6) is 5.75 Å². The molecule has 0 radical (unpaired) electrons. The van der Waals surface area contributed by atoms with Crippen molar-refractivity contribution in [1.82, 2.24) is 5.32 Å². The summed E-state index contributed by atoms with van der Waals surface area (Å²) in [6.07, 6.45) is 0.159. The molecule has 2 aromatic carbocycles. The first-order chi connectivity index (χ1) is 12.1. The highest BCUT2D eigenvalue weighted by Crippen LogP contribution is 2.28. The Labute approximate surface area is 145 Å². The second-order valence-corrected chi connectivity index (χ2v) is 5.95. The number of hydrogen-bond donors (Lipinski definition) is 1. The number of rotatable bonds is 5. The van der Waals surface area contributed by atoms with Crippen LogP contribution in [0.1, 0.15) is 12.0 Å². The molecule has 2 amide bonds. The van der Waals surface area contributed by atoms with Crippen molar-refractivity contribution < 1.29 is 18.7 Å². The minimum atomic E-state index is -0.424. The summed E-state index contributed by atoms with van der Waals surface area (Å²) in [5.41, 5.74) is 1.40. The molecule has 1 fully saturated rings. The number of nitrogens with one attached hydrogen (secondary N) is 1. The lowest BCUT2D eigenvalue weighted by molar-refractivity contribution is -0.126. The molecule has 1 heterocycles. The van der Waals surface area contributed by atoms with E-state index in [4.69, 9.17) is 4.74 Å². The van der Waals surface area contributed by atoms with E-state index in [0.717, 1.165) is 0 Å². The lowest BCUT2D eigenvalue weighted by Gasteiger charge is -2.17. The average Bonchev–Trinajstić information content (AvgIpc) is 3.01. The minimum absolute atomic E-state index is 0.0980. The van der Waals surface area contributed by atoms with Gasteiger partial charge in [0, 0.05) is 31.3 Å². The zero-order valence-electron chi connectivity index (χ0n) is 13.9. The van der Waals surface area contributed by atoms with Crippen molar-refractivity contribution in [2.75, 3.05) is 18.6 Å². The summed E-state index contributed by atoms with van der Waals surface area (Å²) in [4.78, 5) is 26.2. The predicted molar refractivity (Wildman–Crippen MR) is 91.7 cm³/mol. The first-order valence-corrected chi connectivity index (χ1v) is 8.03. The van der Waals surface area contributed by atoms with Crippen LogP contribution in [0.15, 0.2) is 48.5 Å². The number of carbonyl (C=O) groups excluding carboxylic acids is 2. The molecule has 0 spiro atoms. The Kier molecular flexibility index (Phi) is 4.97. The third kappa shape index (κ3) is 3.96. The summed E-state index contributed by atoms with van der Waals surface area (Å²) in [5, 5.41) is 2.77. The fourth-order valence-electron chi connectivity index (χ4n) is 2.89. The molecule has 1 atom stereocenters. The third-order valence-electron chi connectivity index (χ3n) is 4.22. The number of hydrogen-bond acceptors (Lipinski definition) is 3. The minimum Gasteiger partial charge on any atom is -0.497 e. The number of anilines is 1. The molecular weight excluding hydrogens is 323 g/mol. The van der Waals surface area contributed by atoms with Gasteiger partial charge < -0.3 is 15.0 Å². The number of amides is 2. The maximum Gasteiger partial charge on any atom is 0.227 e. The molecule has 3 rings (SSSR count). The van der Waals surface area contributed by atoms with Crippen LogP contribution in [0.4, 0.5) is 10.1 Å². The van der Waals surface area contributed by atoms with E-state index < -0.39 is 5.92 Å². The molecule has 0 aliphatic carbocycles. The number of ether oxygens (including phenoxy) is 1. The van der Waals surface area contributed by atoms with E-state index in [1.165, 1.54) is 12.1 Å². The Morgan fingerprint density at radius 1 is 1.28 bits per heavy atom. The highest BCUT2D eigenvalue weighted by Gasteiger charge is 2.35. The van der Waals surface area contributed by atoms with E-state index in [1.807, 2.05) is 6.07 Å². The van der Waals surface area contributed by atoms with E-state index in [1.54, 1.807) is 42.3 Å². The highest BCUT2D eigenvalue weighted by atomic mass is 19.1. The molecule has 1 saturated heterocycles. The normalized spacial score (nSPS) is 16.8. The molecular formula is C19H19FN2O3. The smallest absolute Gasteiger partial charge is 0.227 e. The molecule has 1 aliphatic heterocycles. The maximum absolute atomic E-state index is 13.2. The van der Waals surface area contributed by atoms with Gasteiger partial charge >= 0.3 is 0 Å². The standard InChI is InChI=1S/C19H19FN2O3/c1-25-17-7-3-6-16(10-17)22-12-14(9-18(22)23)19(24)21-11-13-4-2-5-15(20)8-13/h2-8,10,14H,9,11-12H2,1H3,(H,21,24). The molecule has 1 N–H and O–H groups in total. The molecule has 6 heteroatoms. The van der Waals surface area contributed by atoms with Crippen LogP contribution in [-0.2, 0) is 16.1 Å². The summed E-state index contributed by atoms with van der Waals surface area (Å²) < 4.78 is 18.3. The molecule has 0 aromatic heterocycles. The Morgan fingerprint density at radius 2 is 2.08 bits per heavy atom. The summed E-state index contributed by atoms with van der Waals surface area (Å²) in [5.74, 6) is -0.411. The Hall–Kier alpha value is -2.89. The predicted octanol–water partition coefficient (Wildman–Crippen LogP) is 2.50. The van der Waals surface area contributed by atoms with E-state index >= 15 is 0 Å². The molecule has 130 valence electrons. The zero-order valence-corrected chi connectivity index (χ0v) is 13.9. The van der Waals surface area contributed by atoms with E-state index in [2.05, 4.69) is 5.32 Å². The number of halogens is 1. The second kappa shape index (κ2) is 7.34. The van der Waals surface area contributed by atoms with Gasteiger partial charge in [-0.1, -0.05) is 18.2 Å². The Morgan fingerprint density at radius 3 is 2.84 bits per heavy atom. The van der Waals surface area contributed by atoms with Crippen molar-refractivity contribution >= 4 is 17.5 Å². The van der Waals surface area contributed by atoms with Crippen molar-refractivity contribution in [3.63, 3.8) is 0 Å². The van der Waals surface area contributed by atoms with Gasteiger partial charge in [-0.3, -0.25) is 9.59 Å². The van der Waals surface area contributed by atoms with Crippen LogP contribution >= 0.6 is 0 Å². The maximum atomic E-state index is 13.2. The SMILES string of the molecule is COc1cccc(N2CC(C(=O)NCc3cccc(F)c3)CC2=O)c1. The van der Waals surface area contributed by atoms with Crippen molar-refractivity contribution in [3.8, 4) is 5.75 Å². The van der Waals surface area contributed by atoms with Gasteiger partial charge in [-0.05, 0) is 29.8 Å². The van der Waals surface area contributed by atoms with Gasteiger partial charge in [-0.2, -0.15) is 0 Å². The second-order valence-electron chi connectivity index (χ2n) is 5.95. The lowest BCUT2D eigenvalue weighted by atomic mass is 10.1. The van der Waals surface area contributed by atoms with Gasteiger partial charge in [-0.25, -0.2) is 4.39 Å². The van der Waals surface area contributed by atoms with Crippen LogP contribution in [0.3, 0.4) is 0 Å². The van der Waals surface area contributed by atoms with Gasteiger partial charge in [0.1, 0.15) is 11.6 Å². The van der Waals surface area contributed by atoms with Gasteiger partial charge in [0.25, 0.3) is 0 Å². The fourth-order valence-corrected chi connectivity index (χ4v) is 2.89. The largest absolute Gasteiger partial charge is 0.497 e. The van der Waals surface area contributed by atoms with E-state index in [9.17, 15) is 14.0 Å². The third-order valence-corrected chi connectivity index (χ3v) is 4.22. The molecule has 2 aromatic rings. The summed E-state index contributed by atoms with van der Waals surface area (Å²) in [6, 6.07) is 13.3. The molecule has 1 unspecified atom stereocenters. The van der Waals surface area contributed by atoms with E-state index in [0.29, 0.717) is 23.5 Å². The quantitative estimate of drug-likeness (QED) is 0.908. The molecule has 5 nitrogen and oxygen atoms in total. The van der Waals surface area contributed by atoms with Crippen molar-refractivity contribution in [2.45, 2.75) is 13.0 Å². The first kappa shape index (κ1) is 17.0. The monoisotopic (exact) mass is 342 g/mol. The summed E-state index contributed by atoms with van der Waals surface area (Å²) >= 11 is 0.